The second-order valence-corrected chi connectivity index (χ2v) is 6.91. The fourth-order valence-electron chi connectivity index (χ4n) is 3.18. The standard InChI is InChI=1S/C20H37NO3/c1-3-5-7-9-10-12-18(20-16-17-21-23-20)14-15-19(24-22)13-11-8-6-4-2/h14-15,17-20,22H,3-13,16H2,1-2H3/b15-14-/t18-,19?,20?/m1/s1. The molecular weight excluding hydrogens is 302 g/mol. The normalized spacial score (nSPS) is 19.7. The molecule has 0 fully saturated rings. The lowest BCUT2D eigenvalue weighted by Crippen LogP contribution is -2.19. The summed E-state index contributed by atoms with van der Waals surface area (Å²) < 4.78 is 0. The van der Waals surface area contributed by atoms with Gasteiger partial charge in [0.2, 0.25) is 0 Å². The average Bonchev–Trinajstić information content (AvgIpc) is 3.13. The van der Waals surface area contributed by atoms with E-state index in [-0.39, 0.29) is 12.2 Å². The van der Waals surface area contributed by atoms with Gasteiger partial charge in [0.1, 0.15) is 12.2 Å². The van der Waals surface area contributed by atoms with Gasteiger partial charge < -0.3 is 4.84 Å². The van der Waals surface area contributed by atoms with Crippen LogP contribution in [0.1, 0.15) is 90.9 Å². The van der Waals surface area contributed by atoms with Crippen LogP contribution in [0, 0.1) is 5.92 Å². The SMILES string of the molecule is CCCCCCC[C@H](/C=C\C(CCCCCC)OO)C1CC=NO1. The minimum absolute atomic E-state index is 0.145. The lowest BCUT2D eigenvalue weighted by molar-refractivity contribution is -0.267. The lowest BCUT2D eigenvalue weighted by Gasteiger charge is -2.19. The molecule has 0 aromatic rings. The molecule has 0 bridgehead atoms. The first-order valence-corrected chi connectivity index (χ1v) is 9.98. The summed E-state index contributed by atoms with van der Waals surface area (Å²) in [5, 5.41) is 13.0. The second kappa shape index (κ2) is 14.5. The number of unbranched alkanes of at least 4 members (excludes halogenated alkanes) is 7. The molecule has 3 atom stereocenters. The molecule has 0 saturated heterocycles. The summed E-state index contributed by atoms with van der Waals surface area (Å²) in [6.07, 6.45) is 20.0. The number of nitrogens with zero attached hydrogens (tertiary/aromatic N) is 1. The largest absolute Gasteiger partial charge is 0.392 e. The molecule has 0 spiro atoms. The summed E-state index contributed by atoms with van der Waals surface area (Å²) in [4.78, 5) is 10.1. The molecule has 4 nitrogen and oxygen atoms in total. The minimum atomic E-state index is -0.202. The summed E-state index contributed by atoms with van der Waals surface area (Å²) in [6, 6.07) is 0. The van der Waals surface area contributed by atoms with Crippen LogP contribution < -0.4 is 0 Å². The molecule has 140 valence electrons. The highest BCUT2D eigenvalue weighted by Gasteiger charge is 2.23. The number of oxime groups is 1. The summed E-state index contributed by atoms with van der Waals surface area (Å²) in [7, 11) is 0. The van der Waals surface area contributed by atoms with Crippen LogP contribution in [0.2, 0.25) is 0 Å². The third kappa shape index (κ3) is 9.43. The van der Waals surface area contributed by atoms with Gasteiger partial charge in [-0.2, -0.15) is 0 Å². The summed E-state index contributed by atoms with van der Waals surface area (Å²) in [5.74, 6) is 0.349. The Bertz CT molecular complexity index is 336. The molecule has 24 heavy (non-hydrogen) atoms. The molecule has 0 aromatic carbocycles. The summed E-state index contributed by atoms with van der Waals surface area (Å²) in [6.45, 7) is 4.44. The van der Waals surface area contributed by atoms with E-state index in [9.17, 15) is 0 Å². The highest BCUT2D eigenvalue weighted by Crippen LogP contribution is 2.24. The second-order valence-electron chi connectivity index (χ2n) is 6.91. The third-order valence-electron chi connectivity index (χ3n) is 4.78. The quantitative estimate of drug-likeness (QED) is 0.169. The van der Waals surface area contributed by atoms with Crippen LogP contribution in [0.5, 0.6) is 0 Å². The Hall–Kier alpha value is -0.870. The molecule has 0 aromatic heterocycles. The van der Waals surface area contributed by atoms with Crippen molar-refractivity contribution in [3.63, 3.8) is 0 Å². The molecule has 1 aliphatic rings. The highest BCUT2D eigenvalue weighted by atomic mass is 17.1. The van der Waals surface area contributed by atoms with Crippen molar-refractivity contribution in [2.45, 2.75) is 103 Å². The topological polar surface area (TPSA) is 51.0 Å². The molecule has 0 saturated carbocycles. The van der Waals surface area contributed by atoms with Crippen LogP contribution in [0.4, 0.5) is 0 Å². The molecule has 1 aliphatic heterocycles. The van der Waals surface area contributed by atoms with Crippen LogP contribution in [-0.4, -0.2) is 23.7 Å². The van der Waals surface area contributed by atoms with Crippen molar-refractivity contribution in [1.82, 2.24) is 0 Å². The van der Waals surface area contributed by atoms with Gasteiger partial charge in [-0.05, 0) is 12.8 Å². The molecule has 0 amide bonds. The van der Waals surface area contributed by atoms with Crippen molar-refractivity contribution in [3.8, 4) is 0 Å². The maximum absolute atomic E-state index is 9.13. The zero-order chi connectivity index (χ0) is 17.5. The van der Waals surface area contributed by atoms with Crippen LogP contribution in [0.15, 0.2) is 17.3 Å². The van der Waals surface area contributed by atoms with E-state index < -0.39 is 0 Å². The van der Waals surface area contributed by atoms with E-state index in [1.54, 1.807) is 0 Å². The van der Waals surface area contributed by atoms with E-state index in [2.05, 4.69) is 30.0 Å². The van der Waals surface area contributed by atoms with Crippen LogP contribution in [0.3, 0.4) is 0 Å². The van der Waals surface area contributed by atoms with Crippen LogP contribution in [-0.2, 0) is 9.73 Å². The number of hydrogen-bond donors (Lipinski definition) is 1. The zero-order valence-electron chi connectivity index (χ0n) is 15.7. The van der Waals surface area contributed by atoms with Crippen molar-refractivity contribution in [2.24, 2.45) is 11.1 Å². The molecule has 2 unspecified atom stereocenters. The molecule has 1 rings (SSSR count). The number of hydrogen-bond acceptors (Lipinski definition) is 4. The Morgan fingerprint density at radius 3 is 2.33 bits per heavy atom. The maximum Gasteiger partial charge on any atom is 0.138 e. The Labute approximate surface area is 148 Å². The monoisotopic (exact) mass is 339 g/mol. The maximum atomic E-state index is 9.13. The highest BCUT2D eigenvalue weighted by molar-refractivity contribution is 5.58. The molecule has 0 radical (unpaired) electrons. The van der Waals surface area contributed by atoms with Crippen molar-refractivity contribution < 1.29 is 15.0 Å². The van der Waals surface area contributed by atoms with Crippen molar-refractivity contribution in [3.05, 3.63) is 12.2 Å². The van der Waals surface area contributed by atoms with E-state index in [1.807, 2.05) is 12.3 Å². The predicted molar refractivity (Wildman–Crippen MR) is 100 cm³/mol. The van der Waals surface area contributed by atoms with E-state index in [0.717, 1.165) is 25.7 Å². The van der Waals surface area contributed by atoms with Gasteiger partial charge in [0.15, 0.2) is 0 Å². The van der Waals surface area contributed by atoms with Crippen LogP contribution in [0.25, 0.3) is 0 Å². The van der Waals surface area contributed by atoms with E-state index >= 15 is 0 Å². The Balaban J connectivity index is 2.39. The average molecular weight is 340 g/mol. The lowest BCUT2D eigenvalue weighted by atomic mass is 9.92. The predicted octanol–water partition coefficient (Wildman–Crippen LogP) is 6.12. The first-order valence-electron chi connectivity index (χ1n) is 9.98. The number of rotatable bonds is 15. The molecule has 0 aliphatic carbocycles. The van der Waals surface area contributed by atoms with Gasteiger partial charge in [0.25, 0.3) is 0 Å². The first kappa shape index (κ1) is 21.2. The van der Waals surface area contributed by atoms with E-state index in [0.29, 0.717) is 5.92 Å². The first-order chi connectivity index (χ1) is 11.8. The van der Waals surface area contributed by atoms with Crippen LogP contribution >= 0.6 is 0 Å². The Morgan fingerprint density at radius 2 is 1.71 bits per heavy atom. The van der Waals surface area contributed by atoms with Gasteiger partial charge in [-0.1, -0.05) is 88.9 Å². The van der Waals surface area contributed by atoms with Crippen molar-refractivity contribution in [2.75, 3.05) is 0 Å². The van der Waals surface area contributed by atoms with E-state index in [4.69, 9.17) is 10.1 Å². The van der Waals surface area contributed by atoms with Gasteiger partial charge in [0, 0.05) is 18.6 Å². The molecular formula is C20H37NO3. The molecule has 1 N–H and O–H groups in total. The zero-order valence-corrected chi connectivity index (χ0v) is 15.7. The van der Waals surface area contributed by atoms with Gasteiger partial charge in [-0.15, -0.1) is 0 Å². The van der Waals surface area contributed by atoms with E-state index in [1.165, 1.54) is 51.4 Å². The Morgan fingerprint density at radius 1 is 1.04 bits per heavy atom. The summed E-state index contributed by atoms with van der Waals surface area (Å²) >= 11 is 0. The van der Waals surface area contributed by atoms with Gasteiger partial charge >= 0.3 is 0 Å². The van der Waals surface area contributed by atoms with Gasteiger partial charge in [0.05, 0.1) is 0 Å². The fraction of sp³-hybridized carbons (Fsp3) is 0.850. The fourth-order valence-corrected chi connectivity index (χ4v) is 3.18. The van der Waals surface area contributed by atoms with Gasteiger partial charge in [-0.3, -0.25) is 5.26 Å². The third-order valence-corrected chi connectivity index (χ3v) is 4.78. The van der Waals surface area contributed by atoms with Crippen molar-refractivity contribution >= 4 is 6.21 Å². The van der Waals surface area contributed by atoms with Crippen molar-refractivity contribution in [1.29, 1.82) is 0 Å². The van der Waals surface area contributed by atoms with Gasteiger partial charge in [-0.25, -0.2) is 4.89 Å². The summed E-state index contributed by atoms with van der Waals surface area (Å²) in [5.41, 5.74) is 0. The smallest absolute Gasteiger partial charge is 0.138 e. The molecule has 4 heteroatoms. The Kier molecular flexibility index (Phi) is 12.8. The molecule has 1 heterocycles. The minimum Gasteiger partial charge on any atom is -0.392 e.